The van der Waals surface area contributed by atoms with Crippen molar-refractivity contribution in [2.75, 3.05) is 36.7 Å². The molecule has 0 radical (unpaired) electrons. The molecular formula is C61H64Br2ClN15O9S. The molecule has 464 valence electrons. The summed E-state index contributed by atoms with van der Waals surface area (Å²) in [5, 5.41) is 34.2. The van der Waals surface area contributed by atoms with E-state index in [1.807, 2.05) is 108 Å². The van der Waals surface area contributed by atoms with Crippen LogP contribution in [0.15, 0.2) is 143 Å². The van der Waals surface area contributed by atoms with Gasteiger partial charge in [0.1, 0.15) is 27.7 Å². The van der Waals surface area contributed by atoms with Crippen LogP contribution >= 0.6 is 54.8 Å². The molecule has 89 heavy (non-hydrogen) atoms. The maximum absolute atomic E-state index is 12.3. The van der Waals surface area contributed by atoms with Crippen LogP contribution in [0.3, 0.4) is 0 Å². The van der Waals surface area contributed by atoms with Crippen LogP contribution in [0.2, 0.25) is 5.28 Å². The molecule has 1 aliphatic rings. The maximum Gasteiger partial charge on any atom is 0.435 e. The third kappa shape index (κ3) is 20.5. The number of halogens is 3. The summed E-state index contributed by atoms with van der Waals surface area (Å²) in [5.41, 5.74) is 14.7. The van der Waals surface area contributed by atoms with E-state index < -0.39 is 29.4 Å². The Morgan fingerprint density at radius 3 is 1.87 bits per heavy atom. The molecule has 1 saturated heterocycles. The van der Waals surface area contributed by atoms with Gasteiger partial charge in [-0.3, -0.25) is 4.79 Å². The number of aromatic carboxylic acids is 1. The largest absolute Gasteiger partial charge is 0.491 e. The van der Waals surface area contributed by atoms with Crippen molar-refractivity contribution in [3.63, 3.8) is 0 Å². The number of nitrogens with zero attached hydrogens (tertiary/aromatic N) is 10. The van der Waals surface area contributed by atoms with E-state index in [9.17, 15) is 19.2 Å². The number of aryl methyl sites for hydroxylation is 1. The van der Waals surface area contributed by atoms with E-state index in [-0.39, 0.29) is 11.1 Å². The topological polar surface area (TPSA) is 330 Å². The molecule has 8 heterocycles. The molecule has 12 rings (SSSR count). The van der Waals surface area contributed by atoms with Crippen molar-refractivity contribution in [1.82, 2.24) is 54.7 Å². The third-order valence-corrected chi connectivity index (χ3v) is 14.0. The number of nitrogens with two attached hydrogens (primary N) is 2. The molecular weight excluding hydrogens is 1310 g/mol. The number of nitrogen functional groups attached to an aromatic ring is 1. The molecule has 28 heteroatoms. The first kappa shape index (κ1) is 67.5. The van der Waals surface area contributed by atoms with Gasteiger partial charge in [0.25, 0.3) is 0 Å². The van der Waals surface area contributed by atoms with Gasteiger partial charge < -0.3 is 51.1 Å². The van der Waals surface area contributed by atoms with Crippen molar-refractivity contribution in [3.05, 3.63) is 165 Å². The summed E-state index contributed by atoms with van der Waals surface area (Å²) >= 11 is 13.8. The Morgan fingerprint density at radius 2 is 1.36 bits per heavy atom. The van der Waals surface area contributed by atoms with E-state index in [1.54, 1.807) is 82.3 Å². The lowest BCUT2D eigenvalue weighted by atomic mass is 10.2. The number of carbonyl (C=O) groups is 4. The number of fused-ring (bicyclic) bond motifs is 4. The summed E-state index contributed by atoms with van der Waals surface area (Å²) in [4.78, 5) is 66.0. The van der Waals surface area contributed by atoms with Crippen molar-refractivity contribution in [3.8, 4) is 5.75 Å². The monoisotopic (exact) mass is 1380 g/mol. The highest BCUT2D eigenvalue weighted by Gasteiger charge is 2.22. The first-order valence-electron chi connectivity index (χ1n) is 27.1. The average molecular weight is 1380 g/mol. The Labute approximate surface area is 537 Å². The van der Waals surface area contributed by atoms with E-state index in [2.05, 4.69) is 87.8 Å². The highest BCUT2D eigenvalue weighted by molar-refractivity contribution is 9.10. The Kier molecular flexibility index (Phi) is 23.3. The minimum absolute atomic E-state index is 0.0623. The van der Waals surface area contributed by atoms with Crippen LogP contribution in [-0.4, -0.2) is 121 Å². The standard InChI is InChI=1S/C18H21N5O3.C16H16ClN5O2.C10H8BrNO.C9H5BrO2S.C4H5N3.C4H9NO/c1-11-19-10-15(25-5)16(21-11)22-13-6-7-14-12(8-13)9-20-23(14)17(24)26-18(2,3)4;1-16(2,3)24-15(23)22-12-5-4-11(8-10(12)9-19-22)20-13-6-7-18-14(17)21-13;1-6(13)9-4-7-2-3-8(11)5-10(7)12-9;10-6-2-1-5-3-8(9(11)12)13-7(5)4-6;5-4-1-2-6-7-3-4;5-4-1-2-6-3-4/h6-10H,1-5H3,(H,19,21,22);4-9H,1-3H3,(H,18,20,21);2-5,12H,1H3;1-4H,(H,11,12);1-3H,(H2,5,6);4H,1-3,5H2. The van der Waals surface area contributed by atoms with Crippen molar-refractivity contribution in [2.24, 2.45) is 5.73 Å². The van der Waals surface area contributed by atoms with Crippen LogP contribution in [0.1, 0.15) is 80.9 Å². The lowest BCUT2D eigenvalue weighted by Crippen LogP contribution is -2.27. The Morgan fingerprint density at radius 1 is 0.742 bits per heavy atom. The van der Waals surface area contributed by atoms with Crippen LogP contribution in [0.25, 0.3) is 42.8 Å². The number of hydrogen-bond acceptors (Lipinski definition) is 21. The number of aromatic nitrogens is 11. The fourth-order valence-corrected chi connectivity index (χ4v) is 9.72. The molecule has 1 unspecified atom stereocenters. The summed E-state index contributed by atoms with van der Waals surface area (Å²) in [5.74, 6) is 1.52. The number of H-pyrrole nitrogens is 1. The first-order chi connectivity index (χ1) is 42.2. The predicted molar refractivity (Wildman–Crippen MR) is 352 cm³/mol. The van der Waals surface area contributed by atoms with Crippen molar-refractivity contribution < 1.29 is 43.2 Å². The number of thiophene rings is 1. The van der Waals surface area contributed by atoms with Crippen LogP contribution in [0.5, 0.6) is 5.75 Å². The van der Waals surface area contributed by atoms with Crippen LogP contribution in [-0.2, 0) is 14.2 Å². The fourth-order valence-electron chi connectivity index (χ4n) is 7.76. The van der Waals surface area contributed by atoms with Crippen LogP contribution in [0.4, 0.5) is 38.3 Å². The van der Waals surface area contributed by atoms with E-state index in [4.69, 9.17) is 47.1 Å². The van der Waals surface area contributed by atoms with Gasteiger partial charge in [-0.25, -0.2) is 34.3 Å². The zero-order valence-electron chi connectivity index (χ0n) is 49.8. The maximum atomic E-state index is 12.3. The second kappa shape index (κ2) is 30.8. The molecule has 0 amide bonds. The fraction of sp³-hybridized carbons (Fsp3) is 0.246. The predicted octanol–water partition coefficient (Wildman–Crippen LogP) is 14.0. The highest BCUT2D eigenvalue weighted by Crippen LogP contribution is 2.30. The number of hydrogen-bond donors (Lipinski definition) is 6. The number of carboxylic acids is 1. The number of benzene rings is 4. The number of carboxylic acid groups (broad SMARTS) is 1. The van der Waals surface area contributed by atoms with E-state index in [1.165, 1.54) is 26.9 Å². The van der Waals surface area contributed by atoms with E-state index in [0.717, 1.165) is 71.7 Å². The Balaban J connectivity index is 0.000000163. The molecule has 4 aromatic carbocycles. The number of methoxy groups -OCH3 is 1. The van der Waals surface area contributed by atoms with Gasteiger partial charge in [-0.05, 0) is 157 Å². The Hall–Kier alpha value is -8.99. The quantitative estimate of drug-likeness (QED) is 0.0638. The van der Waals surface area contributed by atoms with Crippen LogP contribution in [0, 0.1) is 6.92 Å². The minimum atomic E-state index is -0.864. The number of ether oxygens (including phenoxy) is 4. The van der Waals surface area contributed by atoms with Crippen molar-refractivity contribution in [1.29, 1.82) is 0 Å². The van der Waals surface area contributed by atoms with Gasteiger partial charge in [-0.15, -0.1) is 11.3 Å². The number of Topliss-reactive ketones (excluding diaryl/α,β-unsaturated/α-hetero) is 1. The SMILES string of the molecule is CC(=O)c1cc2ccc(Br)cc2[nH]1.CC(C)(C)OC(=O)n1ncc2cc(Nc3ccnc(Cl)n3)ccc21.COc1cnc(C)nc1Nc1ccc2c(cnn2C(=O)OC(C)(C)C)c1.NC1CCOC1.Nc1ccnnc1.O=C(O)c1cc2ccc(Br)cc2s1. The molecule has 7 aromatic heterocycles. The molecule has 0 spiro atoms. The van der Waals surface area contributed by atoms with Gasteiger partial charge in [0.2, 0.25) is 5.28 Å². The summed E-state index contributed by atoms with van der Waals surface area (Å²) in [6.07, 6.45) is 9.47. The summed E-state index contributed by atoms with van der Waals surface area (Å²) in [6.45, 7) is 15.9. The van der Waals surface area contributed by atoms with E-state index >= 15 is 0 Å². The van der Waals surface area contributed by atoms with Gasteiger partial charge >= 0.3 is 18.2 Å². The molecule has 1 fully saturated rings. The van der Waals surface area contributed by atoms with Crippen molar-refractivity contribution in [2.45, 2.75) is 79.1 Å². The molecule has 0 aliphatic carbocycles. The second-order valence-electron chi connectivity index (χ2n) is 21.3. The zero-order chi connectivity index (χ0) is 64.6. The number of nitrogens with one attached hydrogen (secondary N) is 3. The molecule has 8 N–H and O–H groups in total. The second-order valence-corrected chi connectivity index (χ2v) is 24.5. The molecule has 24 nitrogen and oxygen atoms in total. The Bertz CT molecular complexity index is 4150. The van der Waals surface area contributed by atoms with Gasteiger partial charge in [-0.1, -0.05) is 44.0 Å². The molecule has 0 saturated carbocycles. The van der Waals surface area contributed by atoms with Gasteiger partial charge in [0.05, 0.1) is 67.1 Å². The number of aromatic amines is 1. The number of rotatable bonds is 7. The number of anilines is 5. The molecule has 1 aliphatic heterocycles. The summed E-state index contributed by atoms with van der Waals surface area (Å²) < 4.78 is 26.4. The lowest BCUT2D eigenvalue weighted by Gasteiger charge is -2.19. The smallest absolute Gasteiger partial charge is 0.435 e. The van der Waals surface area contributed by atoms with Gasteiger partial charge in [-0.2, -0.15) is 29.8 Å². The lowest BCUT2D eigenvalue weighted by molar-refractivity contribution is 0.0511. The van der Waals surface area contributed by atoms with Gasteiger partial charge in [0, 0.05) is 72.5 Å². The summed E-state index contributed by atoms with van der Waals surface area (Å²) in [6, 6.07) is 29.9. The zero-order valence-corrected chi connectivity index (χ0v) is 54.5. The average Bonchev–Trinajstić information content (AvgIpc) is 2.98. The summed E-state index contributed by atoms with van der Waals surface area (Å²) in [7, 11) is 1.56. The van der Waals surface area contributed by atoms with Crippen molar-refractivity contribution >= 4 is 150 Å². The van der Waals surface area contributed by atoms with Crippen LogP contribution < -0.4 is 26.8 Å². The molecule has 11 aromatic rings. The van der Waals surface area contributed by atoms with E-state index in [0.29, 0.717) is 56.5 Å². The molecule has 1 atom stereocenters. The minimum Gasteiger partial charge on any atom is -0.491 e. The highest BCUT2D eigenvalue weighted by atomic mass is 79.9. The van der Waals surface area contributed by atoms with Gasteiger partial charge in [0.15, 0.2) is 17.4 Å². The normalized spacial score (nSPS) is 12.5. The number of ketones is 1. The third-order valence-electron chi connectivity index (χ3n) is 11.8. The first-order valence-corrected chi connectivity index (χ1v) is 29.9. The number of carbonyl (C=O) groups excluding carboxylic acids is 3. The molecule has 0 bridgehead atoms.